The molecule has 0 saturated carbocycles. The van der Waals surface area contributed by atoms with Crippen LogP contribution < -0.4 is 21.2 Å². The molecule has 0 fully saturated rings. The Morgan fingerprint density at radius 3 is 0.909 bits per heavy atom. The molecular weight excluding hydrogens is 537 g/mol. The molecule has 1 N–H and O–H groups in total. The molecule has 4 rings (SSSR count). The molecule has 5 heteroatoms. The van der Waals surface area contributed by atoms with Gasteiger partial charge in [0.15, 0.2) is 0 Å². The Kier molecular flexibility index (Phi) is 12.3. The summed E-state index contributed by atoms with van der Waals surface area (Å²) in [6.07, 6.45) is 2.41. The van der Waals surface area contributed by atoms with E-state index in [1.165, 1.54) is 33.5 Å². The first-order valence-electron chi connectivity index (χ1n) is 10.6. The van der Waals surface area contributed by atoms with Crippen LogP contribution in [0.4, 0.5) is 0 Å². The van der Waals surface area contributed by atoms with Crippen molar-refractivity contribution >= 4 is 43.0 Å². The molecule has 4 aromatic carbocycles. The van der Waals surface area contributed by atoms with E-state index in [1.807, 2.05) is 0 Å². The minimum Gasteiger partial charge on any atom is -0.481 e. The number of hydrogen-bond donors (Lipinski definition) is 1. The van der Waals surface area contributed by atoms with Crippen molar-refractivity contribution in [3.63, 3.8) is 0 Å². The molecule has 4 aromatic rings. The van der Waals surface area contributed by atoms with E-state index in [0.717, 1.165) is 6.92 Å². The van der Waals surface area contributed by atoms with Gasteiger partial charge < -0.3 is 5.11 Å². The molecule has 0 saturated heterocycles. The molecule has 2 nitrogen and oxygen atoms in total. The minimum absolute atomic E-state index is 0. The fourth-order valence-electron chi connectivity index (χ4n) is 3.45. The first kappa shape index (κ1) is 27.1. The van der Waals surface area contributed by atoms with Crippen LogP contribution in [0.5, 0.6) is 0 Å². The Labute approximate surface area is 213 Å². The number of carbonyl (C=O) groups is 1. The smallest absolute Gasteiger partial charge is 0.300 e. The summed E-state index contributed by atoms with van der Waals surface area (Å²) < 4.78 is 0. The van der Waals surface area contributed by atoms with Crippen molar-refractivity contribution in [2.45, 2.75) is 6.92 Å². The van der Waals surface area contributed by atoms with Gasteiger partial charge in [0, 0.05) is 27.3 Å². The van der Waals surface area contributed by atoms with Gasteiger partial charge >= 0.3 is 0 Å². The SMILES string of the molecule is CC(=O)O.[Pd].c1ccc(P(CCP(c2ccccc2)c2ccccc2)c2ccccc2)cc1. The Morgan fingerprint density at radius 1 is 0.545 bits per heavy atom. The van der Waals surface area contributed by atoms with Crippen molar-refractivity contribution in [3.05, 3.63) is 121 Å². The van der Waals surface area contributed by atoms with Crippen LogP contribution in [0.15, 0.2) is 121 Å². The molecule has 0 aliphatic heterocycles. The molecule has 33 heavy (non-hydrogen) atoms. The van der Waals surface area contributed by atoms with Gasteiger partial charge in [0.2, 0.25) is 0 Å². The van der Waals surface area contributed by atoms with Gasteiger partial charge in [0.25, 0.3) is 5.97 Å². The number of hydrogen-bond acceptors (Lipinski definition) is 1. The van der Waals surface area contributed by atoms with E-state index in [0.29, 0.717) is 0 Å². The van der Waals surface area contributed by atoms with Gasteiger partial charge in [-0.05, 0) is 49.4 Å². The number of aliphatic carboxylic acids is 1. The van der Waals surface area contributed by atoms with Crippen molar-refractivity contribution in [1.29, 1.82) is 0 Å². The molecule has 0 spiro atoms. The minimum atomic E-state index is -0.833. The van der Waals surface area contributed by atoms with Crippen molar-refractivity contribution in [2.24, 2.45) is 0 Å². The molecular formula is C28H28O2P2Pd. The summed E-state index contributed by atoms with van der Waals surface area (Å²) in [7, 11) is -0.696. The summed E-state index contributed by atoms with van der Waals surface area (Å²) in [6, 6.07) is 44.2. The second kappa shape index (κ2) is 14.9. The maximum atomic E-state index is 9.00. The van der Waals surface area contributed by atoms with Crippen LogP contribution in [0.3, 0.4) is 0 Å². The fraction of sp³-hybridized carbons (Fsp3) is 0.107. The third-order valence-electron chi connectivity index (χ3n) is 4.82. The number of benzene rings is 4. The predicted molar refractivity (Wildman–Crippen MR) is 141 cm³/mol. The second-order valence-electron chi connectivity index (χ2n) is 7.16. The zero-order valence-electron chi connectivity index (χ0n) is 18.5. The van der Waals surface area contributed by atoms with Gasteiger partial charge in [-0.15, -0.1) is 0 Å². The molecule has 0 amide bonds. The Hall–Kier alpha value is -2.13. The molecule has 0 unspecified atom stereocenters. The Balaban J connectivity index is 0.000000714. The second-order valence-corrected chi connectivity index (χ2v) is 11.8. The summed E-state index contributed by atoms with van der Waals surface area (Å²) in [5, 5.41) is 13.3. The first-order chi connectivity index (χ1) is 15.6. The van der Waals surface area contributed by atoms with Crippen LogP contribution in [0.1, 0.15) is 6.92 Å². The van der Waals surface area contributed by atoms with E-state index >= 15 is 0 Å². The van der Waals surface area contributed by atoms with Crippen molar-refractivity contribution in [1.82, 2.24) is 0 Å². The van der Waals surface area contributed by atoms with E-state index in [-0.39, 0.29) is 36.3 Å². The van der Waals surface area contributed by atoms with Gasteiger partial charge in [0.05, 0.1) is 0 Å². The van der Waals surface area contributed by atoms with E-state index in [1.54, 1.807) is 0 Å². The fourth-order valence-corrected chi connectivity index (χ4v) is 8.80. The third kappa shape index (κ3) is 8.97. The topological polar surface area (TPSA) is 37.3 Å². The van der Waals surface area contributed by atoms with Gasteiger partial charge in [-0.2, -0.15) is 0 Å². The van der Waals surface area contributed by atoms with Crippen molar-refractivity contribution < 1.29 is 30.3 Å². The van der Waals surface area contributed by atoms with E-state index in [2.05, 4.69) is 121 Å². The molecule has 0 radical (unpaired) electrons. The first-order valence-corrected chi connectivity index (χ1v) is 13.7. The van der Waals surface area contributed by atoms with Crippen molar-refractivity contribution in [3.8, 4) is 0 Å². The third-order valence-corrected chi connectivity index (χ3v) is 10.2. The Morgan fingerprint density at radius 2 is 0.727 bits per heavy atom. The maximum Gasteiger partial charge on any atom is 0.300 e. The largest absolute Gasteiger partial charge is 0.481 e. The van der Waals surface area contributed by atoms with Crippen LogP contribution in [0.2, 0.25) is 0 Å². The standard InChI is InChI=1S/C26H24P2.C2H4O2.Pd/c1-5-13-23(14-6-1)27(24-15-7-2-8-16-24)21-22-28(25-17-9-3-10-18-25)26-19-11-4-12-20-26;1-2(3)4;/h1-20H,21-22H2;1H3,(H,3,4);. The van der Waals surface area contributed by atoms with E-state index < -0.39 is 5.97 Å². The van der Waals surface area contributed by atoms with Crippen LogP contribution in [-0.2, 0) is 25.2 Å². The molecule has 0 aliphatic rings. The molecule has 172 valence electrons. The average Bonchev–Trinajstić information content (AvgIpc) is 2.84. The summed E-state index contributed by atoms with van der Waals surface area (Å²) in [4.78, 5) is 9.00. The molecule has 0 aromatic heterocycles. The van der Waals surface area contributed by atoms with Crippen molar-refractivity contribution in [2.75, 3.05) is 12.3 Å². The van der Waals surface area contributed by atoms with Gasteiger partial charge in [0.1, 0.15) is 0 Å². The van der Waals surface area contributed by atoms with Crippen LogP contribution in [0.25, 0.3) is 0 Å². The zero-order valence-corrected chi connectivity index (χ0v) is 21.9. The predicted octanol–water partition coefficient (Wildman–Crippen LogP) is 5.34. The molecule has 0 bridgehead atoms. The van der Waals surface area contributed by atoms with E-state index in [9.17, 15) is 0 Å². The van der Waals surface area contributed by atoms with Crippen LogP contribution in [0, 0.1) is 0 Å². The molecule has 0 atom stereocenters. The normalized spacial score (nSPS) is 10.2. The Bertz CT molecular complexity index is 896. The summed E-state index contributed by atoms with van der Waals surface area (Å²) in [5.74, 6) is -0.833. The molecule has 0 aliphatic carbocycles. The van der Waals surface area contributed by atoms with Gasteiger partial charge in [-0.3, -0.25) is 4.79 Å². The summed E-state index contributed by atoms with van der Waals surface area (Å²) in [6.45, 7) is 1.08. The summed E-state index contributed by atoms with van der Waals surface area (Å²) in [5.41, 5.74) is 0. The summed E-state index contributed by atoms with van der Waals surface area (Å²) >= 11 is 0. The maximum absolute atomic E-state index is 9.00. The molecule has 0 heterocycles. The van der Waals surface area contributed by atoms with Gasteiger partial charge in [-0.25, -0.2) is 0 Å². The van der Waals surface area contributed by atoms with E-state index in [4.69, 9.17) is 9.90 Å². The van der Waals surface area contributed by atoms with Gasteiger partial charge in [-0.1, -0.05) is 121 Å². The number of rotatable bonds is 7. The van der Waals surface area contributed by atoms with Crippen LogP contribution in [-0.4, -0.2) is 23.4 Å². The monoisotopic (exact) mass is 564 g/mol. The van der Waals surface area contributed by atoms with Crippen LogP contribution >= 0.6 is 15.8 Å². The number of carboxylic acid groups (broad SMARTS) is 1. The number of carboxylic acids is 1. The zero-order chi connectivity index (χ0) is 22.6. The quantitative estimate of drug-likeness (QED) is 0.243. The average molecular weight is 565 g/mol.